The number of amides is 2. The van der Waals surface area contributed by atoms with Gasteiger partial charge in [0.05, 0.1) is 6.54 Å². The third kappa shape index (κ3) is 5.45. The van der Waals surface area contributed by atoms with Crippen molar-refractivity contribution < 1.29 is 9.59 Å². The molecule has 0 unspecified atom stereocenters. The van der Waals surface area contributed by atoms with Crippen molar-refractivity contribution in [3.8, 4) is 0 Å². The van der Waals surface area contributed by atoms with Crippen LogP contribution in [0.25, 0.3) is 0 Å². The van der Waals surface area contributed by atoms with E-state index in [1.165, 1.54) is 4.90 Å². The molecule has 0 bridgehead atoms. The Morgan fingerprint density at radius 3 is 2.44 bits per heavy atom. The Morgan fingerprint density at radius 1 is 1.08 bits per heavy atom. The molecule has 0 aliphatic heterocycles. The number of carbonyl (C=O) groups excluding carboxylic acids is 2. The van der Waals surface area contributed by atoms with Crippen LogP contribution in [-0.2, 0) is 9.59 Å². The van der Waals surface area contributed by atoms with E-state index in [-0.39, 0.29) is 24.3 Å². The molecule has 0 saturated carbocycles. The molecule has 0 aromatic heterocycles. The van der Waals surface area contributed by atoms with Gasteiger partial charge in [0, 0.05) is 19.2 Å². The molecule has 4 heteroatoms. The van der Waals surface area contributed by atoms with Gasteiger partial charge in [0.1, 0.15) is 0 Å². The summed E-state index contributed by atoms with van der Waals surface area (Å²) in [5.41, 5.74) is 4.01. The summed E-state index contributed by atoms with van der Waals surface area (Å²) >= 11 is 0. The van der Waals surface area contributed by atoms with Crippen LogP contribution in [0.15, 0.2) is 48.5 Å². The van der Waals surface area contributed by atoms with Crippen LogP contribution in [0.2, 0.25) is 0 Å². The van der Waals surface area contributed by atoms with E-state index in [1.54, 1.807) is 7.05 Å². The van der Waals surface area contributed by atoms with E-state index < -0.39 is 0 Å². The number of anilines is 1. The van der Waals surface area contributed by atoms with E-state index in [0.29, 0.717) is 6.42 Å². The van der Waals surface area contributed by atoms with E-state index in [9.17, 15) is 9.59 Å². The van der Waals surface area contributed by atoms with Crippen molar-refractivity contribution in [1.29, 1.82) is 0 Å². The Hall–Kier alpha value is -2.62. The molecule has 2 amide bonds. The lowest BCUT2D eigenvalue weighted by molar-refractivity contribution is -0.133. The van der Waals surface area contributed by atoms with E-state index in [0.717, 1.165) is 22.4 Å². The molecule has 25 heavy (non-hydrogen) atoms. The SMILES string of the molecule is Cc1ccc(C)c(NC(=O)CN(C)C(=O)C[C@@H](C)c2ccccc2)c1. The molecular weight excluding hydrogens is 312 g/mol. The smallest absolute Gasteiger partial charge is 0.243 e. The molecule has 132 valence electrons. The van der Waals surface area contributed by atoms with Crippen LogP contribution in [0.4, 0.5) is 5.69 Å². The van der Waals surface area contributed by atoms with Crippen LogP contribution in [0.1, 0.15) is 36.0 Å². The molecular formula is C21H26N2O2. The predicted octanol–water partition coefficient (Wildman–Crippen LogP) is 3.89. The van der Waals surface area contributed by atoms with Gasteiger partial charge in [-0.25, -0.2) is 0 Å². The minimum atomic E-state index is -0.183. The highest BCUT2D eigenvalue weighted by molar-refractivity contribution is 5.95. The van der Waals surface area contributed by atoms with Gasteiger partial charge in [0.2, 0.25) is 11.8 Å². The third-order valence-corrected chi connectivity index (χ3v) is 4.32. The molecule has 0 spiro atoms. The summed E-state index contributed by atoms with van der Waals surface area (Å²) in [6, 6.07) is 15.9. The Labute approximate surface area is 149 Å². The molecule has 0 fully saturated rings. The number of benzene rings is 2. The maximum atomic E-state index is 12.4. The summed E-state index contributed by atoms with van der Waals surface area (Å²) < 4.78 is 0. The lowest BCUT2D eigenvalue weighted by atomic mass is 9.97. The standard InChI is InChI=1S/C21H26N2O2/c1-15-10-11-16(2)19(12-15)22-20(24)14-23(4)21(25)13-17(3)18-8-6-5-7-9-18/h5-12,17H,13-14H2,1-4H3,(H,22,24)/t17-/m1/s1. The number of hydrogen-bond donors (Lipinski definition) is 1. The van der Waals surface area contributed by atoms with E-state index in [1.807, 2.05) is 69.3 Å². The highest BCUT2D eigenvalue weighted by Gasteiger charge is 2.17. The second-order valence-electron chi connectivity index (χ2n) is 6.63. The third-order valence-electron chi connectivity index (χ3n) is 4.32. The maximum absolute atomic E-state index is 12.4. The van der Waals surface area contributed by atoms with Crippen molar-refractivity contribution >= 4 is 17.5 Å². The Balaban J connectivity index is 1.90. The molecule has 1 atom stereocenters. The lowest BCUT2D eigenvalue weighted by Gasteiger charge is -2.20. The van der Waals surface area contributed by atoms with Crippen LogP contribution >= 0.6 is 0 Å². The zero-order valence-corrected chi connectivity index (χ0v) is 15.4. The summed E-state index contributed by atoms with van der Waals surface area (Å²) in [6.07, 6.45) is 0.386. The first-order valence-corrected chi connectivity index (χ1v) is 8.53. The second-order valence-corrected chi connectivity index (χ2v) is 6.63. The number of rotatable bonds is 6. The van der Waals surface area contributed by atoms with Crippen LogP contribution in [0, 0.1) is 13.8 Å². The van der Waals surface area contributed by atoms with Gasteiger partial charge in [-0.15, -0.1) is 0 Å². The van der Waals surface area contributed by atoms with Gasteiger partial charge in [0.25, 0.3) is 0 Å². The largest absolute Gasteiger partial charge is 0.336 e. The van der Waals surface area contributed by atoms with Crippen molar-refractivity contribution in [3.05, 3.63) is 65.2 Å². The van der Waals surface area contributed by atoms with Crippen molar-refractivity contribution in [2.75, 3.05) is 18.9 Å². The highest BCUT2D eigenvalue weighted by Crippen LogP contribution is 2.19. The molecule has 2 rings (SSSR count). The maximum Gasteiger partial charge on any atom is 0.243 e. The van der Waals surface area contributed by atoms with Gasteiger partial charge in [-0.1, -0.05) is 49.4 Å². The van der Waals surface area contributed by atoms with Crippen molar-refractivity contribution in [2.24, 2.45) is 0 Å². The zero-order chi connectivity index (χ0) is 18.4. The van der Waals surface area contributed by atoms with Crippen LogP contribution < -0.4 is 5.32 Å². The topological polar surface area (TPSA) is 49.4 Å². The number of likely N-dealkylation sites (N-methyl/N-ethyl adjacent to an activating group) is 1. The monoisotopic (exact) mass is 338 g/mol. The minimum absolute atomic E-state index is 0.0348. The Bertz CT molecular complexity index is 741. The first kappa shape index (κ1) is 18.7. The minimum Gasteiger partial charge on any atom is -0.336 e. The van der Waals surface area contributed by atoms with Gasteiger partial charge in [-0.2, -0.15) is 0 Å². The zero-order valence-electron chi connectivity index (χ0n) is 15.4. The first-order valence-electron chi connectivity index (χ1n) is 8.53. The summed E-state index contributed by atoms with van der Waals surface area (Å²) in [7, 11) is 1.67. The van der Waals surface area contributed by atoms with E-state index >= 15 is 0 Å². The van der Waals surface area contributed by atoms with Gasteiger partial charge in [0.15, 0.2) is 0 Å². The molecule has 0 heterocycles. The fraction of sp³-hybridized carbons (Fsp3) is 0.333. The number of hydrogen-bond acceptors (Lipinski definition) is 2. The highest BCUT2D eigenvalue weighted by atomic mass is 16.2. The van der Waals surface area contributed by atoms with Gasteiger partial charge < -0.3 is 10.2 Å². The van der Waals surface area contributed by atoms with Gasteiger partial charge in [-0.05, 0) is 42.5 Å². The Morgan fingerprint density at radius 2 is 1.76 bits per heavy atom. The number of carbonyl (C=O) groups is 2. The Kier molecular flexibility index (Phi) is 6.34. The number of aryl methyl sites for hydroxylation is 2. The summed E-state index contributed by atoms with van der Waals surface area (Å²) in [5, 5.41) is 2.89. The lowest BCUT2D eigenvalue weighted by Crippen LogP contribution is -2.35. The molecule has 2 aromatic rings. The molecule has 0 aliphatic rings. The average Bonchev–Trinajstić information content (AvgIpc) is 2.58. The fourth-order valence-corrected chi connectivity index (χ4v) is 2.68. The molecule has 0 saturated heterocycles. The average molecular weight is 338 g/mol. The van der Waals surface area contributed by atoms with Crippen molar-refractivity contribution in [1.82, 2.24) is 4.90 Å². The van der Waals surface area contributed by atoms with E-state index in [2.05, 4.69) is 5.32 Å². The molecule has 2 aromatic carbocycles. The molecule has 4 nitrogen and oxygen atoms in total. The number of nitrogens with zero attached hydrogens (tertiary/aromatic N) is 1. The van der Waals surface area contributed by atoms with Gasteiger partial charge in [-0.3, -0.25) is 9.59 Å². The molecule has 0 radical (unpaired) electrons. The quantitative estimate of drug-likeness (QED) is 0.868. The van der Waals surface area contributed by atoms with Crippen LogP contribution in [0.5, 0.6) is 0 Å². The second kappa shape index (κ2) is 8.47. The summed E-state index contributed by atoms with van der Waals surface area (Å²) in [4.78, 5) is 26.1. The summed E-state index contributed by atoms with van der Waals surface area (Å²) in [6.45, 7) is 6.01. The van der Waals surface area contributed by atoms with E-state index in [4.69, 9.17) is 0 Å². The fourth-order valence-electron chi connectivity index (χ4n) is 2.68. The van der Waals surface area contributed by atoms with Crippen molar-refractivity contribution in [3.63, 3.8) is 0 Å². The first-order chi connectivity index (χ1) is 11.9. The number of nitrogens with one attached hydrogen (secondary N) is 1. The normalized spacial score (nSPS) is 11.7. The summed E-state index contributed by atoms with van der Waals surface area (Å²) in [5.74, 6) is -0.0948. The molecule has 1 N–H and O–H groups in total. The van der Waals surface area contributed by atoms with Crippen LogP contribution in [0.3, 0.4) is 0 Å². The van der Waals surface area contributed by atoms with Gasteiger partial charge >= 0.3 is 0 Å². The van der Waals surface area contributed by atoms with Crippen molar-refractivity contribution in [2.45, 2.75) is 33.1 Å². The molecule has 0 aliphatic carbocycles. The van der Waals surface area contributed by atoms with Crippen LogP contribution in [-0.4, -0.2) is 30.3 Å². The predicted molar refractivity (Wildman–Crippen MR) is 102 cm³/mol.